The third kappa shape index (κ3) is 4.06. The Kier molecular flexibility index (Phi) is 4.94. The van der Waals surface area contributed by atoms with Crippen LogP contribution in [0.25, 0.3) is 0 Å². The fourth-order valence-corrected chi connectivity index (χ4v) is 1.94. The summed E-state index contributed by atoms with van der Waals surface area (Å²) in [5.41, 5.74) is 0.558. The van der Waals surface area contributed by atoms with Crippen LogP contribution in [-0.4, -0.2) is 16.5 Å². The van der Waals surface area contributed by atoms with Gasteiger partial charge in [-0.2, -0.15) is 0 Å². The minimum Gasteiger partial charge on any atom is -0.370 e. The van der Waals surface area contributed by atoms with Crippen molar-refractivity contribution in [1.82, 2.24) is 4.98 Å². The van der Waals surface area contributed by atoms with Crippen molar-refractivity contribution in [2.45, 2.75) is 13.3 Å². The van der Waals surface area contributed by atoms with E-state index in [2.05, 4.69) is 15.6 Å². The average molecular weight is 307 g/mol. The van der Waals surface area contributed by atoms with Crippen LogP contribution in [0.5, 0.6) is 0 Å². The number of nitro groups is 1. The van der Waals surface area contributed by atoms with Gasteiger partial charge in [-0.25, -0.2) is 4.98 Å². The van der Waals surface area contributed by atoms with Crippen LogP contribution in [0.1, 0.15) is 13.3 Å². The number of hydrogen-bond acceptors (Lipinski definition) is 5. The second-order valence-corrected chi connectivity index (χ2v) is 4.82. The highest BCUT2D eigenvalue weighted by Gasteiger charge is 2.16. The molecule has 2 N–H and O–H groups in total. The smallest absolute Gasteiger partial charge is 0.311 e. The number of nitrogens with one attached hydrogen (secondary N) is 2. The Labute approximate surface area is 127 Å². The summed E-state index contributed by atoms with van der Waals surface area (Å²) in [6, 6.07) is 9.96. The van der Waals surface area contributed by atoms with Crippen LogP contribution >= 0.6 is 11.6 Å². The molecule has 7 heteroatoms. The van der Waals surface area contributed by atoms with Crippen molar-refractivity contribution in [1.29, 1.82) is 0 Å². The van der Waals surface area contributed by atoms with Crippen LogP contribution in [0.15, 0.2) is 36.4 Å². The summed E-state index contributed by atoms with van der Waals surface area (Å²) in [7, 11) is 0. The summed E-state index contributed by atoms with van der Waals surface area (Å²) in [6.45, 7) is 2.78. The zero-order valence-electron chi connectivity index (χ0n) is 11.5. The predicted octanol–water partition coefficient (Wildman–Crippen LogP) is 4.21. The number of nitrogens with zero attached hydrogens (tertiary/aromatic N) is 2. The van der Waals surface area contributed by atoms with Gasteiger partial charge in [0, 0.05) is 23.3 Å². The first kappa shape index (κ1) is 15.1. The van der Waals surface area contributed by atoms with E-state index in [1.54, 1.807) is 30.3 Å². The lowest BCUT2D eigenvalue weighted by molar-refractivity contribution is -0.384. The van der Waals surface area contributed by atoms with E-state index >= 15 is 0 Å². The number of anilines is 3. The molecule has 2 aromatic rings. The molecule has 0 amide bonds. The third-order valence-electron chi connectivity index (χ3n) is 2.71. The van der Waals surface area contributed by atoms with Crippen molar-refractivity contribution in [3.05, 3.63) is 51.5 Å². The van der Waals surface area contributed by atoms with Gasteiger partial charge in [0.05, 0.1) is 4.92 Å². The molecule has 110 valence electrons. The zero-order valence-corrected chi connectivity index (χ0v) is 12.2. The fraction of sp³-hybridized carbons (Fsp3) is 0.214. The molecule has 0 aliphatic rings. The van der Waals surface area contributed by atoms with Crippen LogP contribution in [0.3, 0.4) is 0 Å². The fourth-order valence-electron chi connectivity index (χ4n) is 1.75. The van der Waals surface area contributed by atoms with Gasteiger partial charge in [-0.05, 0) is 30.7 Å². The molecule has 0 saturated heterocycles. The summed E-state index contributed by atoms with van der Waals surface area (Å²) < 4.78 is 0. The van der Waals surface area contributed by atoms with Gasteiger partial charge in [0.1, 0.15) is 5.82 Å². The van der Waals surface area contributed by atoms with Gasteiger partial charge in [-0.15, -0.1) is 0 Å². The van der Waals surface area contributed by atoms with E-state index in [1.165, 1.54) is 6.07 Å². The Morgan fingerprint density at radius 3 is 2.81 bits per heavy atom. The van der Waals surface area contributed by atoms with Crippen molar-refractivity contribution < 1.29 is 4.92 Å². The van der Waals surface area contributed by atoms with Gasteiger partial charge < -0.3 is 10.6 Å². The maximum absolute atomic E-state index is 11.1. The zero-order chi connectivity index (χ0) is 15.2. The molecule has 1 aromatic heterocycles. The van der Waals surface area contributed by atoms with Crippen molar-refractivity contribution in [3.8, 4) is 0 Å². The molecular weight excluding hydrogens is 292 g/mol. The van der Waals surface area contributed by atoms with Crippen molar-refractivity contribution >= 4 is 34.6 Å². The SMILES string of the molecule is CCCNc1ccc([N+](=O)[O-])c(Nc2cccc(Cl)c2)n1. The quantitative estimate of drug-likeness (QED) is 0.617. The van der Waals surface area contributed by atoms with Crippen LogP contribution in [-0.2, 0) is 0 Å². The molecule has 1 heterocycles. The number of aromatic nitrogens is 1. The van der Waals surface area contributed by atoms with Gasteiger partial charge in [0.25, 0.3) is 0 Å². The number of hydrogen-bond donors (Lipinski definition) is 2. The van der Waals surface area contributed by atoms with Gasteiger partial charge in [0.2, 0.25) is 5.82 Å². The second-order valence-electron chi connectivity index (χ2n) is 4.38. The standard InChI is InChI=1S/C14H15ClN4O2/c1-2-8-16-13-7-6-12(19(20)21)14(18-13)17-11-5-3-4-10(15)9-11/h3-7,9H,2,8H2,1H3,(H2,16,17,18). The third-order valence-corrected chi connectivity index (χ3v) is 2.95. The molecule has 0 saturated carbocycles. The highest BCUT2D eigenvalue weighted by Crippen LogP contribution is 2.28. The first-order valence-corrected chi connectivity index (χ1v) is 6.90. The normalized spacial score (nSPS) is 10.2. The molecule has 0 bridgehead atoms. The summed E-state index contributed by atoms with van der Waals surface area (Å²) in [5, 5.41) is 17.7. The molecular formula is C14H15ClN4O2. The van der Waals surface area contributed by atoms with E-state index in [9.17, 15) is 10.1 Å². The summed E-state index contributed by atoms with van der Waals surface area (Å²) in [6.07, 6.45) is 0.940. The molecule has 6 nitrogen and oxygen atoms in total. The van der Waals surface area contributed by atoms with E-state index < -0.39 is 4.92 Å². The van der Waals surface area contributed by atoms with E-state index in [0.29, 0.717) is 16.5 Å². The van der Waals surface area contributed by atoms with Crippen LogP contribution in [0.4, 0.5) is 23.0 Å². The monoisotopic (exact) mass is 306 g/mol. The van der Waals surface area contributed by atoms with Gasteiger partial charge >= 0.3 is 5.69 Å². The summed E-state index contributed by atoms with van der Waals surface area (Å²) >= 11 is 5.91. The van der Waals surface area contributed by atoms with E-state index in [0.717, 1.165) is 13.0 Å². The number of pyridine rings is 1. The van der Waals surface area contributed by atoms with E-state index in [-0.39, 0.29) is 11.5 Å². The molecule has 0 fully saturated rings. The number of halogens is 1. The maximum atomic E-state index is 11.1. The topological polar surface area (TPSA) is 80.1 Å². The first-order valence-electron chi connectivity index (χ1n) is 6.52. The van der Waals surface area contributed by atoms with Crippen LogP contribution in [0, 0.1) is 10.1 Å². The number of rotatable bonds is 6. The summed E-state index contributed by atoms with van der Waals surface area (Å²) in [4.78, 5) is 14.9. The van der Waals surface area contributed by atoms with Crippen LogP contribution < -0.4 is 10.6 Å². The lowest BCUT2D eigenvalue weighted by Crippen LogP contribution is -2.05. The lowest BCUT2D eigenvalue weighted by atomic mass is 10.3. The Hall–Kier alpha value is -2.34. The highest BCUT2D eigenvalue weighted by molar-refractivity contribution is 6.30. The Bertz CT molecular complexity index is 649. The highest BCUT2D eigenvalue weighted by atomic mass is 35.5. The van der Waals surface area contributed by atoms with Gasteiger partial charge in [0.15, 0.2) is 0 Å². The molecule has 0 aliphatic heterocycles. The molecule has 0 atom stereocenters. The first-order chi connectivity index (χ1) is 10.1. The number of benzene rings is 1. The largest absolute Gasteiger partial charge is 0.370 e. The molecule has 0 unspecified atom stereocenters. The van der Waals surface area contributed by atoms with Gasteiger partial charge in [-0.3, -0.25) is 10.1 Å². The molecule has 2 rings (SSSR count). The molecule has 0 radical (unpaired) electrons. The lowest BCUT2D eigenvalue weighted by Gasteiger charge is -2.09. The average Bonchev–Trinajstić information content (AvgIpc) is 2.45. The summed E-state index contributed by atoms with van der Waals surface area (Å²) in [5.74, 6) is 0.773. The van der Waals surface area contributed by atoms with Crippen LogP contribution in [0.2, 0.25) is 5.02 Å². The van der Waals surface area contributed by atoms with Crippen molar-refractivity contribution in [2.24, 2.45) is 0 Å². The second kappa shape index (κ2) is 6.90. The van der Waals surface area contributed by atoms with E-state index in [4.69, 9.17) is 11.6 Å². The maximum Gasteiger partial charge on any atom is 0.311 e. The van der Waals surface area contributed by atoms with Crippen molar-refractivity contribution in [2.75, 3.05) is 17.2 Å². The minimum absolute atomic E-state index is 0.0861. The Morgan fingerprint density at radius 1 is 1.33 bits per heavy atom. The predicted molar refractivity (Wildman–Crippen MR) is 84.4 cm³/mol. The van der Waals surface area contributed by atoms with Crippen molar-refractivity contribution in [3.63, 3.8) is 0 Å². The minimum atomic E-state index is -0.469. The molecule has 21 heavy (non-hydrogen) atoms. The van der Waals surface area contributed by atoms with Gasteiger partial charge in [-0.1, -0.05) is 24.6 Å². The van der Waals surface area contributed by atoms with E-state index in [1.807, 2.05) is 6.92 Å². The molecule has 1 aromatic carbocycles. The Balaban J connectivity index is 2.31. The molecule has 0 aliphatic carbocycles. The molecule has 0 spiro atoms. The Morgan fingerprint density at radius 2 is 2.14 bits per heavy atom.